The van der Waals surface area contributed by atoms with Gasteiger partial charge in [-0.3, -0.25) is 4.79 Å². The molecule has 0 aromatic heterocycles. The standard InChI is InChI=1S/C11H22N2O2/c1-10(2,3)15-9(14)8(12)7-11(13)5-4-6-11/h8H,4-7,12-13H2,1-3H3. The third-order valence-corrected chi connectivity index (χ3v) is 2.69. The molecule has 0 aliphatic heterocycles. The third-order valence-electron chi connectivity index (χ3n) is 2.69. The predicted molar refractivity (Wildman–Crippen MR) is 59.2 cm³/mol. The van der Waals surface area contributed by atoms with Crippen LogP contribution in [0, 0.1) is 0 Å². The maximum Gasteiger partial charge on any atom is 0.323 e. The van der Waals surface area contributed by atoms with E-state index in [0.717, 1.165) is 19.3 Å². The van der Waals surface area contributed by atoms with Gasteiger partial charge in [-0.25, -0.2) is 0 Å². The Balaban J connectivity index is 2.39. The number of rotatable bonds is 3. The van der Waals surface area contributed by atoms with Crippen molar-refractivity contribution in [1.82, 2.24) is 0 Å². The Bertz CT molecular complexity index is 241. The zero-order chi connectivity index (χ0) is 11.7. The summed E-state index contributed by atoms with van der Waals surface area (Å²) in [6.45, 7) is 5.50. The molecular formula is C11H22N2O2. The SMILES string of the molecule is CC(C)(C)OC(=O)C(N)CC1(N)CCC1. The van der Waals surface area contributed by atoms with Crippen LogP contribution in [0.15, 0.2) is 0 Å². The van der Waals surface area contributed by atoms with Gasteiger partial charge in [0.15, 0.2) is 0 Å². The first-order chi connectivity index (χ1) is 6.72. The van der Waals surface area contributed by atoms with Crippen molar-refractivity contribution in [3.63, 3.8) is 0 Å². The van der Waals surface area contributed by atoms with E-state index in [9.17, 15) is 4.79 Å². The van der Waals surface area contributed by atoms with E-state index in [1.807, 2.05) is 20.8 Å². The minimum absolute atomic E-state index is 0.226. The number of nitrogens with two attached hydrogens (primary N) is 2. The highest BCUT2D eigenvalue weighted by Crippen LogP contribution is 2.33. The molecule has 1 rings (SSSR count). The van der Waals surface area contributed by atoms with Gasteiger partial charge < -0.3 is 16.2 Å². The number of carbonyl (C=O) groups excluding carboxylic acids is 1. The van der Waals surface area contributed by atoms with Crippen molar-refractivity contribution in [3.8, 4) is 0 Å². The van der Waals surface area contributed by atoms with Crippen molar-refractivity contribution in [3.05, 3.63) is 0 Å². The minimum Gasteiger partial charge on any atom is -0.459 e. The molecule has 0 spiro atoms. The first-order valence-corrected chi connectivity index (χ1v) is 5.49. The fraction of sp³-hybridized carbons (Fsp3) is 0.909. The van der Waals surface area contributed by atoms with Crippen molar-refractivity contribution >= 4 is 5.97 Å². The molecule has 4 heteroatoms. The fourth-order valence-electron chi connectivity index (χ4n) is 1.73. The molecule has 0 aromatic rings. The van der Waals surface area contributed by atoms with Gasteiger partial charge >= 0.3 is 5.97 Å². The monoisotopic (exact) mass is 214 g/mol. The zero-order valence-electron chi connectivity index (χ0n) is 9.88. The van der Waals surface area contributed by atoms with Crippen LogP contribution in [0.4, 0.5) is 0 Å². The van der Waals surface area contributed by atoms with Crippen molar-refractivity contribution in [2.45, 2.75) is 63.6 Å². The molecule has 15 heavy (non-hydrogen) atoms. The van der Waals surface area contributed by atoms with Gasteiger partial charge in [-0.15, -0.1) is 0 Å². The van der Waals surface area contributed by atoms with Crippen LogP contribution < -0.4 is 11.5 Å². The molecule has 0 bridgehead atoms. The number of hydrogen-bond acceptors (Lipinski definition) is 4. The van der Waals surface area contributed by atoms with Gasteiger partial charge in [0, 0.05) is 5.54 Å². The van der Waals surface area contributed by atoms with Crippen LogP contribution in [0.25, 0.3) is 0 Å². The van der Waals surface area contributed by atoms with Gasteiger partial charge in [0.05, 0.1) is 0 Å². The van der Waals surface area contributed by atoms with E-state index in [0.29, 0.717) is 6.42 Å². The van der Waals surface area contributed by atoms with E-state index in [1.165, 1.54) is 0 Å². The molecule has 0 aromatic carbocycles. The lowest BCUT2D eigenvalue weighted by atomic mass is 9.74. The number of esters is 1. The molecule has 1 aliphatic rings. The van der Waals surface area contributed by atoms with E-state index in [-0.39, 0.29) is 11.5 Å². The molecule has 1 aliphatic carbocycles. The zero-order valence-corrected chi connectivity index (χ0v) is 9.88. The summed E-state index contributed by atoms with van der Waals surface area (Å²) in [5.74, 6) is -0.348. The van der Waals surface area contributed by atoms with Gasteiger partial charge in [0.25, 0.3) is 0 Å². The normalized spacial score (nSPS) is 21.7. The average Bonchev–Trinajstić information content (AvgIpc) is 1.98. The third kappa shape index (κ3) is 3.80. The Morgan fingerprint density at radius 2 is 2.00 bits per heavy atom. The minimum atomic E-state index is -0.588. The summed E-state index contributed by atoms with van der Waals surface area (Å²) in [6, 6.07) is -0.588. The summed E-state index contributed by atoms with van der Waals surface area (Å²) >= 11 is 0. The van der Waals surface area contributed by atoms with Gasteiger partial charge in [-0.1, -0.05) is 0 Å². The molecule has 1 saturated carbocycles. The first kappa shape index (κ1) is 12.5. The second-order valence-electron chi connectivity index (χ2n) is 5.56. The fourth-order valence-corrected chi connectivity index (χ4v) is 1.73. The quantitative estimate of drug-likeness (QED) is 0.685. The second-order valence-corrected chi connectivity index (χ2v) is 5.56. The Morgan fingerprint density at radius 3 is 2.33 bits per heavy atom. The topological polar surface area (TPSA) is 78.3 Å². The van der Waals surface area contributed by atoms with Crippen molar-refractivity contribution in [2.24, 2.45) is 11.5 Å². The van der Waals surface area contributed by atoms with Crippen LogP contribution in [0.5, 0.6) is 0 Å². The molecule has 1 fully saturated rings. The lowest BCUT2D eigenvalue weighted by molar-refractivity contribution is -0.157. The summed E-state index contributed by atoms with van der Waals surface area (Å²) in [5, 5.41) is 0. The predicted octanol–water partition coefficient (Wildman–Crippen LogP) is 0.927. The first-order valence-electron chi connectivity index (χ1n) is 5.49. The summed E-state index contributed by atoms with van der Waals surface area (Å²) in [4.78, 5) is 11.6. The van der Waals surface area contributed by atoms with E-state index in [2.05, 4.69) is 0 Å². The van der Waals surface area contributed by atoms with Crippen LogP contribution in [0.1, 0.15) is 46.5 Å². The van der Waals surface area contributed by atoms with Crippen LogP contribution in [0.3, 0.4) is 0 Å². The number of ether oxygens (including phenoxy) is 1. The average molecular weight is 214 g/mol. The lowest BCUT2D eigenvalue weighted by Gasteiger charge is -2.39. The maximum atomic E-state index is 11.6. The number of carbonyl (C=O) groups is 1. The Morgan fingerprint density at radius 1 is 1.47 bits per heavy atom. The highest BCUT2D eigenvalue weighted by Gasteiger charge is 2.36. The molecule has 0 saturated heterocycles. The van der Waals surface area contributed by atoms with Gasteiger partial charge in [0.1, 0.15) is 11.6 Å². The summed E-state index contributed by atoms with van der Waals surface area (Å²) in [5.41, 5.74) is 11.1. The Hall–Kier alpha value is -0.610. The molecule has 1 unspecified atom stereocenters. The summed E-state index contributed by atoms with van der Waals surface area (Å²) in [6.07, 6.45) is 3.59. The second kappa shape index (κ2) is 4.10. The van der Waals surface area contributed by atoms with Gasteiger partial charge in [-0.05, 0) is 46.5 Å². The molecule has 4 N–H and O–H groups in total. The highest BCUT2D eigenvalue weighted by atomic mass is 16.6. The van der Waals surface area contributed by atoms with E-state index in [1.54, 1.807) is 0 Å². The van der Waals surface area contributed by atoms with Crippen LogP contribution in [0.2, 0.25) is 0 Å². The number of hydrogen-bond donors (Lipinski definition) is 2. The van der Waals surface area contributed by atoms with E-state index >= 15 is 0 Å². The summed E-state index contributed by atoms with van der Waals surface area (Å²) < 4.78 is 5.19. The molecule has 4 nitrogen and oxygen atoms in total. The molecule has 0 heterocycles. The van der Waals surface area contributed by atoms with Crippen LogP contribution in [-0.4, -0.2) is 23.2 Å². The summed E-state index contributed by atoms with van der Waals surface area (Å²) in [7, 11) is 0. The maximum absolute atomic E-state index is 11.6. The molecule has 1 atom stereocenters. The smallest absolute Gasteiger partial charge is 0.323 e. The Labute approximate surface area is 91.3 Å². The van der Waals surface area contributed by atoms with Crippen LogP contribution in [-0.2, 0) is 9.53 Å². The van der Waals surface area contributed by atoms with Gasteiger partial charge in [0.2, 0.25) is 0 Å². The highest BCUT2D eigenvalue weighted by molar-refractivity contribution is 5.76. The Kier molecular flexibility index (Phi) is 3.41. The van der Waals surface area contributed by atoms with E-state index in [4.69, 9.17) is 16.2 Å². The molecular weight excluding hydrogens is 192 g/mol. The largest absolute Gasteiger partial charge is 0.459 e. The van der Waals surface area contributed by atoms with Crippen molar-refractivity contribution in [1.29, 1.82) is 0 Å². The lowest BCUT2D eigenvalue weighted by Crippen LogP contribution is -2.52. The van der Waals surface area contributed by atoms with Crippen molar-refractivity contribution < 1.29 is 9.53 Å². The van der Waals surface area contributed by atoms with Crippen LogP contribution >= 0.6 is 0 Å². The van der Waals surface area contributed by atoms with Gasteiger partial charge in [-0.2, -0.15) is 0 Å². The molecule has 0 amide bonds. The van der Waals surface area contributed by atoms with E-state index < -0.39 is 11.6 Å². The molecule has 88 valence electrons. The van der Waals surface area contributed by atoms with Crippen molar-refractivity contribution in [2.75, 3.05) is 0 Å². The molecule has 0 radical (unpaired) electrons.